The third-order valence-electron chi connectivity index (χ3n) is 3.78. The van der Waals surface area contributed by atoms with Gasteiger partial charge in [0.05, 0.1) is 18.8 Å². The van der Waals surface area contributed by atoms with Gasteiger partial charge in [0, 0.05) is 17.7 Å². The van der Waals surface area contributed by atoms with Gasteiger partial charge >= 0.3 is 0 Å². The number of hydrogen-bond donors (Lipinski definition) is 0. The molecule has 0 spiro atoms. The Balaban J connectivity index is 1.78. The second-order valence-electron chi connectivity index (χ2n) is 5.67. The van der Waals surface area contributed by atoms with Crippen molar-refractivity contribution in [3.63, 3.8) is 0 Å². The van der Waals surface area contributed by atoms with E-state index < -0.39 is 0 Å². The molecule has 1 aromatic carbocycles. The zero-order chi connectivity index (χ0) is 15.7. The van der Waals surface area contributed by atoms with E-state index in [4.69, 9.17) is 9.26 Å². The van der Waals surface area contributed by atoms with Crippen LogP contribution in [0.2, 0.25) is 0 Å². The number of ether oxygens (including phenoxy) is 1. The fourth-order valence-corrected chi connectivity index (χ4v) is 2.52. The van der Waals surface area contributed by atoms with E-state index in [1.165, 1.54) is 0 Å². The molecule has 3 rings (SSSR count). The Morgan fingerprint density at radius 2 is 2.00 bits per heavy atom. The first-order chi connectivity index (χ1) is 10.5. The number of benzene rings is 1. The lowest BCUT2D eigenvalue weighted by Gasteiger charge is -2.36. The van der Waals surface area contributed by atoms with Crippen LogP contribution in [0.25, 0.3) is 11.5 Å². The zero-order valence-electron chi connectivity index (χ0n) is 12.9. The highest BCUT2D eigenvalue weighted by Gasteiger charge is 2.28. The topological polar surface area (TPSA) is 68.5 Å². The monoisotopic (exact) mass is 301 g/mol. The van der Waals surface area contributed by atoms with Gasteiger partial charge in [-0.05, 0) is 45.0 Å². The molecule has 2 aromatic rings. The molecule has 0 aliphatic carbocycles. The molecule has 1 aromatic heterocycles. The summed E-state index contributed by atoms with van der Waals surface area (Å²) in [5.74, 6) is 1.08. The van der Waals surface area contributed by atoms with E-state index in [-0.39, 0.29) is 18.1 Å². The number of morpholine rings is 1. The smallest absolute Gasteiger partial charge is 0.257 e. The second kappa shape index (κ2) is 5.88. The standard InChI is InChI=1S/C16H19N3O3/c1-10-9-21-11(2)8-19(10)16(20)14-6-4-13(5-7-14)15-17-12(3)18-22-15/h4-7,10-11H,8-9H2,1-3H3. The lowest BCUT2D eigenvalue weighted by Crippen LogP contribution is -2.50. The van der Waals surface area contributed by atoms with Crippen LogP contribution in [0.5, 0.6) is 0 Å². The summed E-state index contributed by atoms with van der Waals surface area (Å²) in [5, 5.41) is 3.77. The Hall–Kier alpha value is -2.21. The van der Waals surface area contributed by atoms with E-state index in [0.717, 1.165) is 5.56 Å². The summed E-state index contributed by atoms with van der Waals surface area (Å²) in [6, 6.07) is 7.33. The van der Waals surface area contributed by atoms with Crippen LogP contribution in [0.15, 0.2) is 28.8 Å². The van der Waals surface area contributed by atoms with Crippen molar-refractivity contribution < 1.29 is 14.1 Å². The Labute approximate surface area is 129 Å². The summed E-state index contributed by atoms with van der Waals surface area (Å²) in [6.07, 6.45) is 0.0702. The largest absolute Gasteiger partial charge is 0.375 e. The Kier molecular flexibility index (Phi) is 3.94. The summed E-state index contributed by atoms with van der Waals surface area (Å²) >= 11 is 0. The van der Waals surface area contributed by atoms with Crippen LogP contribution in [-0.2, 0) is 4.74 Å². The number of aryl methyl sites for hydroxylation is 1. The van der Waals surface area contributed by atoms with E-state index in [1.807, 2.05) is 30.9 Å². The van der Waals surface area contributed by atoms with Crippen LogP contribution in [0.3, 0.4) is 0 Å². The minimum Gasteiger partial charge on any atom is -0.375 e. The minimum atomic E-state index is 0.0240. The van der Waals surface area contributed by atoms with Crippen molar-refractivity contribution in [1.29, 1.82) is 0 Å². The van der Waals surface area contributed by atoms with Gasteiger partial charge in [-0.3, -0.25) is 4.79 Å². The third kappa shape index (κ3) is 2.87. The van der Waals surface area contributed by atoms with Crippen LogP contribution in [0.4, 0.5) is 0 Å². The summed E-state index contributed by atoms with van der Waals surface area (Å²) in [6.45, 7) is 6.94. The SMILES string of the molecule is Cc1noc(-c2ccc(C(=O)N3CC(C)OCC3C)cc2)n1. The van der Waals surface area contributed by atoms with Crippen molar-refractivity contribution in [3.8, 4) is 11.5 Å². The maximum absolute atomic E-state index is 12.6. The average Bonchev–Trinajstić information content (AvgIpc) is 2.96. The highest BCUT2D eigenvalue weighted by Crippen LogP contribution is 2.20. The van der Waals surface area contributed by atoms with Gasteiger partial charge in [-0.2, -0.15) is 4.98 Å². The van der Waals surface area contributed by atoms with Gasteiger partial charge in [0.25, 0.3) is 11.8 Å². The molecular formula is C16H19N3O3. The van der Waals surface area contributed by atoms with Crippen LogP contribution < -0.4 is 0 Å². The Bertz CT molecular complexity index is 666. The molecular weight excluding hydrogens is 282 g/mol. The summed E-state index contributed by atoms with van der Waals surface area (Å²) in [5.41, 5.74) is 1.46. The maximum Gasteiger partial charge on any atom is 0.257 e. The molecule has 1 amide bonds. The van der Waals surface area contributed by atoms with Crippen molar-refractivity contribution in [2.45, 2.75) is 32.9 Å². The molecule has 2 atom stereocenters. The molecule has 2 heterocycles. The number of carbonyl (C=O) groups is 1. The van der Waals surface area contributed by atoms with Gasteiger partial charge in [0.2, 0.25) is 0 Å². The van der Waals surface area contributed by atoms with Crippen LogP contribution in [-0.4, -0.2) is 46.2 Å². The molecule has 116 valence electrons. The third-order valence-corrected chi connectivity index (χ3v) is 3.78. The highest BCUT2D eigenvalue weighted by molar-refractivity contribution is 5.94. The van der Waals surface area contributed by atoms with Gasteiger partial charge in [0.1, 0.15) is 0 Å². The van der Waals surface area contributed by atoms with E-state index in [2.05, 4.69) is 10.1 Å². The lowest BCUT2D eigenvalue weighted by atomic mass is 10.1. The first-order valence-corrected chi connectivity index (χ1v) is 7.38. The molecule has 1 saturated heterocycles. The first kappa shape index (κ1) is 14.7. The van der Waals surface area contributed by atoms with Crippen LogP contribution in [0, 0.1) is 6.92 Å². The predicted molar refractivity (Wildman–Crippen MR) is 80.4 cm³/mol. The van der Waals surface area contributed by atoms with Crippen molar-refractivity contribution in [1.82, 2.24) is 15.0 Å². The van der Waals surface area contributed by atoms with E-state index in [0.29, 0.717) is 30.4 Å². The summed E-state index contributed by atoms with van der Waals surface area (Å²) < 4.78 is 10.7. The fraction of sp³-hybridized carbons (Fsp3) is 0.438. The number of carbonyl (C=O) groups excluding carboxylic acids is 1. The molecule has 2 unspecified atom stereocenters. The average molecular weight is 301 g/mol. The molecule has 22 heavy (non-hydrogen) atoms. The predicted octanol–water partition coefficient (Wildman–Crippen LogP) is 2.29. The number of rotatable bonds is 2. The van der Waals surface area contributed by atoms with Gasteiger partial charge in [-0.25, -0.2) is 0 Å². The first-order valence-electron chi connectivity index (χ1n) is 7.38. The molecule has 0 bridgehead atoms. The molecule has 6 nitrogen and oxygen atoms in total. The molecule has 1 aliphatic heterocycles. The van der Waals surface area contributed by atoms with Gasteiger partial charge < -0.3 is 14.2 Å². The normalized spacial score (nSPS) is 21.9. The van der Waals surface area contributed by atoms with Gasteiger partial charge in [-0.1, -0.05) is 5.16 Å². The fourth-order valence-electron chi connectivity index (χ4n) is 2.52. The van der Waals surface area contributed by atoms with Crippen LogP contribution in [0.1, 0.15) is 30.0 Å². The number of hydrogen-bond acceptors (Lipinski definition) is 5. The maximum atomic E-state index is 12.6. The number of nitrogens with zero attached hydrogens (tertiary/aromatic N) is 3. The number of aromatic nitrogens is 2. The van der Waals surface area contributed by atoms with E-state index >= 15 is 0 Å². The highest BCUT2D eigenvalue weighted by atomic mass is 16.5. The van der Waals surface area contributed by atoms with Crippen molar-refractivity contribution in [3.05, 3.63) is 35.7 Å². The second-order valence-corrected chi connectivity index (χ2v) is 5.67. The molecule has 0 radical (unpaired) electrons. The van der Waals surface area contributed by atoms with Gasteiger partial charge in [-0.15, -0.1) is 0 Å². The van der Waals surface area contributed by atoms with E-state index in [1.54, 1.807) is 19.1 Å². The van der Waals surface area contributed by atoms with Crippen molar-refractivity contribution >= 4 is 5.91 Å². The van der Waals surface area contributed by atoms with Crippen molar-refractivity contribution in [2.24, 2.45) is 0 Å². The minimum absolute atomic E-state index is 0.0240. The molecule has 0 N–H and O–H groups in total. The Morgan fingerprint density at radius 1 is 1.27 bits per heavy atom. The quantitative estimate of drug-likeness (QED) is 0.851. The molecule has 0 saturated carbocycles. The summed E-state index contributed by atoms with van der Waals surface area (Å²) in [4.78, 5) is 18.7. The Morgan fingerprint density at radius 3 is 2.64 bits per heavy atom. The molecule has 1 fully saturated rings. The molecule has 6 heteroatoms. The van der Waals surface area contributed by atoms with Crippen molar-refractivity contribution in [2.75, 3.05) is 13.2 Å². The number of amides is 1. The summed E-state index contributed by atoms with van der Waals surface area (Å²) in [7, 11) is 0. The molecule has 1 aliphatic rings. The van der Waals surface area contributed by atoms with Gasteiger partial charge in [0.15, 0.2) is 5.82 Å². The van der Waals surface area contributed by atoms with Crippen LogP contribution >= 0.6 is 0 Å². The zero-order valence-corrected chi connectivity index (χ0v) is 12.9. The van der Waals surface area contributed by atoms with E-state index in [9.17, 15) is 4.79 Å². The lowest BCUT2D eigenvalue weighted by molar-refractivity contribution is -0.0387.